The maximum atomic E-state index is 12.0. The average Bonchev–Trinajstić information content (AvgIpc) is 1.58. The minimum Gasteiger partial charge on any atom is -0.455 e. The summed E-state index contributed by atoms with van der Waals surface area (Å²) in [4.78, 5) is 0. The summed E-state index contributed by atoms with van der Waals surface area (Å²) in [6.07, 6.45) is 0. The van der Waals surface area contributed by atoms with Gasteiger partial charge in [0.25, 0.3) is 0 Å². The minimum absolute atomic E-state index is 0.347. The van der Waals surface area contributed by atoms with Crippen LogP contribution in [0.1, 0.15) is 11.1 Å². The maximum absolute atomic E-state index is 12.0. The molecular formula is C80H44N6O2. The Kier molecular flexibility index (Phi) is 9.87. The van der Waals surface area contributed by atoms with Gasteiger partial charge in [-0.25, -0.2) is 0 Å². The highest BCUT2D eigenvalue weighted by Gasteiger charge is 2.28. The fourth-order valence-electron chi connectivity index (χ4n) is 14.6. The van der Waals surface area contributed by atoms with Crippen molar-refractivity contribution in [2.45, 2.75) is 0 Å². The van der Waals surface area contributed by atoms with E-state index in [9.17, 15) is 10.5 Å². The molecule has 0 aliphatic rings. The second kappa shape index (κ2) is 18.1. The van der Waals surface area contributed by atoms with Gasteiger partial charge in [-0.2, -0.15) is 10.5 Å². The van der Waals surface area contributed by atoms with Crippen LogP contribution in [0.4, 0.5) is 0 Å². The Morgan fingerprint density at radius 1 is 0.273 bits per heavy atom. The second-order valence-corrected chi connectivity index (χ2v) is 22.9. The van der Waals surface area contributed by atoms with Crippen molar-refractivity contribution in [3.63, 3.8) is 0 Å². The third kappa shape index (κ3) is 6.60. The van der Waals surface area contributed by atoms with Gasteiger partial charge in [0.15, 0.2) is 0 Å². The van der Waals surface area contributed by atoms with Crippen LogP contribution in [-0.4, -0.2) is 18.3 Å². The van der Waals surface area contributed by atoms with Crippen molar-refractivity contribution in [1.29, 1.82) is 10.5 Å². The Labute approximate surface area is 501 Å². The van der Waals surface area contributed by atoms with E-state index < -0.39 is 0 Å². The molecule has 0 amide bonds. The van der Waals surface area contributed by atoms with E-state index >= 15 is 0 Å². The van der Waals surface area contributed by atoms with Crippen molar-refractivity contribution in [1.82, 2.24) is 18.3 Å². The summed E-state index contributed by atoms with van der Waals surface area (Å²) in [5, 5.41) is 35.7. The number of furan rings is 2. The Morgan fingerprint density at radius 2 is 0.659 bits per heavy atom. The SMILES string of the molecule is N#Cc1ccc(-n2c3ccc(-c4ccc5c(c4)c4ccccc4n5-c4ccccc4)cc3c3c4oc5ccccc5c4ccc32)c(C#N)c1-n1c2ccc(-c3ccc4c(c3)c3ccccc3n4-c3ccccc3)cc2c2c3oc4ccccc4c3ccc21. The highest BCUT2D eigenvalue weighted by atomic mass is 16.3. The van der Waals surface area contributed by atoms with Gasteiger partial charge < -0.3 is 27.1 Å². The topological polar surface area (TPSA) is 93.6 Å². The molecule has 0 radical (unpaired) electrons. The van der Waals surface area contributed by atoms with Crippen LogP contribution >= 0.6 is 0 Å². The van der Waals surface area contributed by atoms with Gasteiger partial charge >= 0.3 is 0 Å². The molecule has 8 heteroatoms. The third-order valence-electron chi connectivity index (χ3n) is 18.4. The van der Waals surface area contributed by atoms with E-state index in [4.69, 9.17) is 8.83 Å². The molecule has 0 saturated carbocycles. The van der Waals surface area contributed by atoms with Gasteiger partial charge in [0.1, 0.15) is 40.0 Å². The first-order chi connectivity index (χ1) is 43.6. The number of nitrogens with zero attached hydrogens (tertiary/aromatic N) is 6. The predicted molar refractivity (Wildman–Crippen MR) is 359 cm³/mol. The molecule has 6 aromatic heterocycles. The molecular weight excluding hydrogens is 1080 g/mol. The normalized spacial score (nSPS) is 12.1. The van der Waals surface area contributed by atoms with E-state index in [0.29, 0.717) is 22.5 Å². The quantitative estimate of drug-likeness (QED) is 0.166. The molecule has 0 aliphatic heterocycles. The van der Waals surface area contributed by atoms with Gasteiger partial charge in [0, 0.05) is 65.2 Å². The lowest BCUT2D eigenvalue weighted by Gasteiger charge is -2.17. The van der Waals surface area contributed by atoms with Crippen LogP contribution in [-0.2, 0) is 0 Å². The van der Waals surface area contributed by atoms with Gasteiger partial charge in [-0.1, -0.05) is 133 Å². The third-order valence-corrected chi connectivity index (χ3v) is 18.4. The van der Waals surface area contributed by atoms with Crippen LogP contribution in [0.2, 0.25) is 0 Å². The predicted octanol–water partition coefficient (Wildman–Crippen LogP) is 21.0. The number of aromatic nitrogens is 4. The summed E-state index contributed by atoms with van der Waals surface area (Å²) in [5.74, 6) is 0. The fraction of sp³-hybridized carbons (Fsp3) is 0. The van der Waals surface area contributed by atoms with Crippen molar-refractivity contribution in [3.05, 3.63) is 278 Å². The first-order valence-electron chi connectivity index (χ1n) is 29.5. The summed E-state index contributed by atoms with van der Waals surface area (Å²) in [5.41, 5.74) is 19.3. The van der Waals surface area contributed by atoms with Crippen LogP contribution < -0.4 is 0 Å². The summed E-state index contributed by atoms with van der Waals surface area (Å²) in [7, 11) is 0. The highest BCUT2D eigenvalue weighted by molar-refractivity contribution is 6.26. The Morgan fingerprint density at radius 3 is 1.14 bits per heavy atom. The van der Waals surface area contributed by atoms with E-state index in [1.165, 1.54) is 10.8 Å². The molecule has 19 aromatic rings. The second-order valence-electron chi connectivity index (χ2n) is 22.9. The molecule has 0 saturated heterocycles. The molecule has 0 N–H and O–H groups in total. The van der Waals surface area contributed by atoms with Crippen LogP contribution in [0.25, 0.3) is 176 Å². The van der Waals surface area contributed by atoms with Gasteiger partial charge in [-0.05, 0) is 156 Å². The lowest BCUT2D eigenvalue weighted by Crippen LogP contribution is -2.06. The lowest BCUT2D eigenvalue weighted by atomic mass is 10.00. The van der Waals surface area contributed by atoms with Gasteiger partial charge in [-0.15, -0.1) is 0 Å². The zero-order chi connectivity index (χ0) is 57.9. The molecule has 13 aromatic carbocycles. The van der Waals surface area contributed by atoms with Crippen molar-refractivity contribution in [2.75, 3.05) is 0 Å². The first-order valence-corrected chi connectivity index (χ1v) is 29.5. The monoisotopic (exact) mass is 1120 g/mol. The van der Waals surface area contributed by atoms with Crippen molar-refractivity contribution >= 4 is 131 Å². The molecule has 0 spiro atoms. The minimum atomic E-state index is 0.347. The average molecular weight is 1120 g/mol. The summed E-state index contributed by atoms with van der Waals surface area (Å²) in [6, 6.07) is 98.9. The van der Waals surface area contributed by atoms with E-state index in [-0.39, 0.29) is 0 Å². The van der Waals surface area contributed by atoms with Crippen LogP contribution in [0.3, 0.4) is 0 Å². The van der Waals surface area contributed by atoms with Crippen LogP contribution in [0.5, 0.6) is 0 Å². The molecule has 0 atom stereocenters. The van der Waals surface area contributed by atoms with Gasteiger partial charge in [0.2, 0.25) is 0 Å². The summed E-state index contributed by atoms with van der Waals surface area (Å²) in [6.45, 7) is 0. The van der Waals surface area contributed by atoms with E-state index in [1.807, 2.05) is 48.5 Å². The van der Waals surface area contributed by atoms with E-state index in [1.54, 1.807) is 0 Å². The lowest BCUT2D eigenvalue weighted by molar-refractivity contribution is 0.672. The smallest absolute Gasteiger partial charge is 0.145 e. The molecule has 0 unspecified atom stereocenters. The largest absolute Gasteiger partial charge is 0.455 e. The number of hydrogen-bond acceptors (Lipinski definition) is 4. The van der Waals surface area contributed by atoms with E-state index in [2.05, 4.69) is 249 Å². The number of nitriles is 2. The van der Waals surface area contributed by atoms with Crippen molar-refractivity contribution in [3.8, 4) is 57.1 Å². The van der Waals surface area contributed by atoms with Crippen molar-refractivity contribution < 1.29 is 8.83 Å². The molecule has 406 valence electrons. The number of hydrogen-bond donors (Lipinski definition) is 0. The Balaban J connectivity index is 0.850. The molecule has 19 rings (SSSR count). The molecule has 6 heterocycles. The summed E-state index contributed by atoms with van der Waals surface area (Å²) < 4.78 is 22.8. The standard InChI is InChI=1S/C80H44N6O2/c81-45-51-31-38-71(85-69-36-29-49(43-62(69)76-72(85)39-32-58-56-21-9-13-25-74(56)87-79(58)76)47-27-34-67-60(41-47)54-19-7-11-23-65(54)83(67)52-15-3-1-4-16-52)64(46-82)78(51)86-70-37-30-50(44-63(70)77-73(86)40-33-59-57-22-10-14-26-75(57)88-80(59)77)48-28-35-68-61(42-48)55-20-8-12-24-66(55)84(68)53-17-5-2-6-18-53/h1-44H. The number of rotatable bonds is 6. The highest BCUT2D eigenvalue weighted by Crippen LogP contribution is 2.47. The van der Waals surface area contributed by atoms with Gasteiger partial charge in [0.05, 0.1) is 71.8 Å². The van der Waals surface area contributed by atoms with E-state index in [0.717, 1.165) is 154 Å². The van der Waals surface area contributed by atoms with Crippen molar-refractivity contribution in [2.24, 2.45) is 0 Å². The zero-order valence-electron chi connectivity index (χ0n) is 46.9. The molecule has 0 bridgehead atoms. The molecule has 0 fully saturated rings. The maximum Gasteiger partial charge on any atom is 0.145 e. The fourth-order valence-corrected chi connectivity index (χ4v) is 14.6. The number of benzene rings is 13. The first kappa shape index (κ1) is 48.1. The van der Waals surface area contributed by atoms with Gasteiger partial charge in [-0.3, -0.25) is 0 Å². The van der Waals surface area contributed by atoms with Crippen LogP contribution in [0, 0.1) is 22.7 Å². The number of para-hydroxylation sites is 6. The Hall–Kier alpha value is -12.4. The molecule has 8 nitrogen and oxygen atoms in total. The molecule has 0 aliphatic carbocycles. The zero-order valence-corrected chi connectivity index (χ0v) is 46.9. The van der Waals surface area contributed by atoms with Crippen LogP contribution in [0.15, 0.2) is 276 Å². The Bertz CT molecular complexity index is 6330. The number of fused-ring (bicyclic) bond motifs is 20. The molecule has 88 heavy (non-hydrogen) atoms. The summed E-state index contributed by atoms with van der Waals surface area (Å²) >= 11 is 0.